The molecule has 18 heavy (non-hydrogen) atoms. The van der Waals surface area contributed by atoms with E-state index >= 15 is 0 Å². The molecule has 1 nitrogen and oxygen atoms in total. The van der Waals surface area contributed by atoms with Gasteiger partial charge in [-0.1, -0.05) is 43.7 Å². The van der Waals surface area contributed by atoms with E-state index in [4.69, 9.17) is 0 Å². The molecule has 0 saturated carbocycles. The Balaban J connectivity index is 2.47. The lowest BCUT2D eigenvalue weighted by Crippen LogP contribution is -2.40. The predicted octanol–water partition coefficient (Wildman–Crippen LogP) is 4.20. The van der Waals surface area contributed by atoms with Gasteiger partial charge in [-0.25, -0.2) is 0 Å². The Labute approximate surface area is 113 Å². The molecular formula is C17H29N. The van der Waals surface area contributed by atoms with Crippen LogP contribution in [0, 0.1) is 18.8 Å². The van der Waals surface area contributed by atoms with Crippen molar-refractivity contribution in [1.29, 1.82) is 0 Å². The van der Waals surface area contributed by atoms with E-state index in [0.29, 0.717) is 11.8 Å². The van der Waals surface area contributed by atoms with Gasteiger partial charge in [-0.2, -0.15) is 0 Å². The summed E-state index contributed by atoms with van der Waals surface area (Å²) in [5.41, 5.74) is 3.04. The average molecular weight is 247 g/mol. The van der Waals surface area contributed by atoms with Crippen LogP contribution in [0.15, 0.2) is 24.3 Å². The van der Waals surface area contributed by atoms with E-state index in [1.807, 2.05) is 0 Å². The van der Waals surface area contributed by atoms with Crippen molar-refractivity contribution in [3.8, 4) is 0 Å². The van der Waals surface area contributed by atoms with Crippen LogP contribution in [0.25, 0.3) is 0 Å². The molecule has 0 saturated heterocycles. The van der Waals surface area contributed by atoms with E-state index < -0.39 is 0 Å². The predicted molar refractivity (Wildman–Crippen MR) is 81.0 cm³/mol. The van der Waals surface area contributed by atoms with E-state index in [9.17, 15) is 0 Å². The Hall–Kier alpha value is -0.820. The van der Waals surface area contributed by atoms with E-state index in [1.54, 1.807) is 0 Å². The van der Waals surface area contributed by atoms with Gasteiger partial charge in [-0.05, 0) is 58.1 Å². The molecule has 0 heterocycles. The normalized spacial score (nSPS) is 15.4. The molecule has 2 unspecified atom stereocenters. The highest BCUT2D eigenvalue weighted by atomic mass is 14.9. The zero-order valence-corrected chi connectivity index (χ0v) is 12.9. The van der Waals surface area contributed by atoms with Crippen LogP contribution >= 0.6 is 0 Å². The smallest absolute Gasteiger partial charge is 0.00966 e. The second-order valence-corrected chi connectivity index (χ2v) is 6.78. The number of hydrogen-bond acceptors (Lipinski definition) is 1. The summed E-state index contributed by atoms with van der Waals surface area (Å²) in [6.07, 6.45) is 1.18. The van der Waals surface area contributed by atoms with E-state index in [-0.39, 0.29) is 5.54 Å². The molecule has 0 fully saturated rings. The van der Waals surface area contributed by atoms with Gasteiger partial charge in [-0.3, -0.25) is 0 Å². The molecule has 2 atom stereocenters. The molecule has 1 aromatic carbocycles. The summed E-state index contributed by atoms with van der Waals surface area (Å²) in [5.74, 6) is 1.41. The van der Waals surface area contributed by atoms with Crippen LogP contribution in [0.4, 0.5) is 0 Å². The summed E-state index contributed by atoms with van der Waals surface area (Å²) in [4.78, 5) is 0. The van der Waals surface area contributed by atoms with Crippen molar-refractivity contribution < 1.29 is 0 Å². The van der Waals surface area contributed by atoms with E-state index in [2.05, 4.69) is 71.1 Å². The highest BCUT2D eigenvalue weighted by Gasteiger charge is 2.16. The third-order valence-electron chi connectivity index (χ3n) is 3.57. The molecule has 0 amide bonds. The number of benzene rings is 1. The minimum Gasteiger partial charge on any atom is -0.312 e. The molecule has 0 aliphatic carbocycles. The minimum absolute atomic E-state index is 0.220. The maximum Gasteiger partial charge on any atom is 0.00966 e. The topological polar surface area (TPSA) is 12.0 Å². The number of hydrogen-bond donors (Lipinski definition) is 1. The van der Waals surface area contributed by atoms with Crippen molar-refractivity contribution in [3.05, 3.63) is 35.4 Å². The van der Waals surface area contributed by atoms with Crippen LogP contribution in [-0.2, 0) is 6.42 Å². The van der Waals surface area contributed by atoms with Crippen molar-refractivity contribution >= 4 is 0 Å². The fourth-order valence-corrected chi connectivity index (χ4v) is 2.08. The summed E-state index contributed by atoms with van der Waals surface area (Å²) in [6.45, 7) is 14.6. The molecule has 102 valence electrons. The van der Waals surface area contributed by atoms with Crippen LogP contribution in [0.2, 0.25) is 0 Å². The lowest BCUT2D eigenvalue weighted by molar-refractivity contribution is 0.317. The van der Waals surface area contributed by atoms with Gasteiger partial charge in [0.25, 0.3) is 0 Å². The van der Waals surface area contributed by atoms with Crippen LogP contribution < -0.4 is 5.32 Å². The summed E-state index contributed by atoms with van der Waals surface area (Å²) in [5, 5.41) is 3.60. The number of rotatable bonds is 5. The molecule has 0 aliphatic rings. The average Bonchev–Trinajstić information content (AvgIpc) is 2.24. The molecule has 1 rings (SSSR count). The van der Waals surface area contributed by atoms with Crippen molar-refractivity contribution in [2.75, 3.05) is 6.54 Å². The third kappa shape index (κ3) is 5.68. The first kappa shape index (κ1) is 15.2. The monoisotopic (exact) mass is 247 g/mol. The second kappa shape index (κ2) is 6.38. The summed E-state index contributed by atoms with van der Waals surface area (Å²) in [7, 11) is 0. The molecule has 0 aromatic heterocycles. The van der Waals surface area contributed by atoms with Crippen LogP contribution in [0.5, 0.6) is 0 Å². The maximum atomic E-state index is 3.60. The summed E-state index contributed by atoms with van der Waals surface area (Å²) in [6, 6.07) is 8.88. The molecule has 0 radical (unpaired) electrons. The maximum absolute atomic E-state index is 3.60. The van der Waals surface area contributed by atoms with E-state index in [0.717, 1.165) is 6.54 Å². The fourth-order valence-electron chi connectivity index (χ4n) is 2.08. The van der Waals surface area contributed by atoms with Gasteiger partial charge in [0.1, 0.15) is 0 Å². The fraction of sp³-hybridized carbons (Fsp3) is 0.647. The van der Waals surface area contributed by atoms with Crippen LogP contribution in [-0.4, -0.2) is 12.1 Å². The van der Waals surface area contributed by atoms with Gasteiger partial charge in [0.05, 0.1) is 0 Å². The molecule has 0 bridgehead atoms. The molecule has 0 aliphatic heterocycles. The van der Waals surface area contributed by atoms with Gasteiger partial charge >= 0.3 is 0 Å². The van der Waals surface area contributed by atoms with Gasteiger partial charge in [0, 0.05) is 5.54 Å². The molecule has 1 N–H and O–H groups in total. The Kier molecular flexibility index (Phi) is 5.40. The summed E-state index contributed by atoms with van der Waals surface area (Å²) >= 11 is 0. The molecule has 1 heteroatoms. The quantitative estimate of drug-likeness (QED) is 0.822. The standard InChI is InChI=1S/C17H29N/c1-13-8-7-9-16(10-13)11-14(2)15(3)12-18-17(4,5)6/h7-10,14-15,18H,11-12H2,1-6H3. The van der Waals surface area contributed by atoms with Crippen molar-refractivity contribution in [2.24, 2.45) is 11.8 Å². The van der Waals surface area contributed by atoms with Crippen LogP contribution in [0.3, 0.4) is 0 Å². The Morgan fingerprint density at radius 2 is 1.78 bits per heavy atom. The zero-order valence-electron chi connectivity index (χ0n) is 12.9. The van der Waals surface area contributed by atoms with E-state index in [1.165, 1.54) is 17.5 Å². The van der Waals surface area contributed by atoms with Gasteiger partial charge in [0.2, 0.25) is 0 Å². The lowest BCUT2D eigenvalue weighted by atomic mass is 9.88. The molecular weight excluding hydrogens is 218 g/mol. The van der Waals surface area contributed by atoms with Crippen molar-refractivity contribution in [1.82, 2.24) is 5.32 Å². The van der Waals surface area contributed by atoms with Gasteiger partial charge in [0.15, 0.2) is 0 Å². The first-order chi connectivity index (χ1) is 8.28. The van der Waals surface area contributed by atoms with Crippen molar-refractivity contribution in [3.63, 3.8) is 0 Å². The van der Waals surface area contributed by atoms with Gasteiger partial charge < -0.3 is 5.32 Å². The SMILES string of the molecule is Cc1cccc(CC(C)C(C)CNC(C)(C)C)c1. The first-order valence-corrected chi connectivity index (χ1v) is 7.08. The lowest BCUT2D eigenvalue weighted by Gasteiger charge is -2.26. The Bertz CT molecular complexity index is 362. The van der Waals surface area contributed by atoms with Gasteiger partial charge in [-0.15, -0.1) is 0 Å². The molecule has 1 aromatic rings. The Morgan fingerprint density at radius 3 is 2.33 bits per heavy atom. The summed E-state index contributed by atoms with van der Waals surface area (Å²) < 4.78 is 0. The highest BCUT2D eigenvalue weighted by Crippen LogP contribution is 2.18. The Morgan fingerprint density at radius 1 is 1.11 bits per heavy atom. The zero-order chi connectivity index (χ0) is 13.8. The molecule has 0 spiro atoms. The largest absolute Gasteiger partial charge is 0.312 e. The minimum atomic E-state index is 0.220. The number of aryl methyl sites for hydroxylation is 1. The third-order valence-corrected chi connectivity index (χ3v) is 3.57. The van der Waals surface area contributed by atoms with Crippen LogP contribution in [0.1, 0.15) is 45.7 Å². The first-order valence-electron chi connectivity index (χ1n) is 7.08. The number of nitrogens with one attached hydrogen (secondary N) is 1. The highest BCUT2D eigenvalue weighted by molar-refractivity contribution is 5.22. The second-order valence-electron chi connectivity index (χ2n) is 6.78. The van der Waals surface area contributed by atoms with Crippen molar-refractivity contribution in [2.45, 2.75) is 53.5 Å².